The largest absolute Gasteiger partial charge is 0.407 e. The quantitative estimate of drug-likeness (QED) is 0.576. The third-order valence-electron chi connectivity index (χ3n) is 3.29. The number of benzene rings is 2. The second kappa shape index (κ2) is 5.97. The molecule has 3 aromatic rings. The molecular formula is C17H14N2OS. The molecule has 104 valence electrons. The zero-order chi connectivity index (χ0) is 14.7. The van der Waals surface area contributed by atoms with Gasteiger partial charge in [0.25, 0.3) is 0 Å². The summed E-state index contributed by atoms with van der Waals surface area (Å²) in [5.74, 6) is 0.387. The number of aryl methyl sites for hydroxylation is 1. The topological polar surface area (TPSA) is 35.0 Å². The molecule has 0 aliphatic rings. The van der Waals surface area contributed by atoms with Crippen molar-refractivity contribution in [1.82, 2.24) is 9.97 Å². The van der Waals surface area contributed by atoms with Crippen molar-refractivity contribution in [2.75, 3.05) is 0 Å². The lowest BCUT2D eigenvalue weighted by Gasteiger charge is -2.05. The van der Waals surface area contributed by atoms with E-state index in [1.807, 2.05) is 12.1 Å². The summed E-state index contributed by atoms with van der Waals surface area (Å²) in [6, 6.07) is 16.7. The molecule has 2 aromatic carbocycles. The summed E-state index contributed by atoms with van der Waals surface area (Å²) in [5, 5.41) is 0. The number of hydrogen-bond acceptors (Lipinski definition) is 4. The van der Waals surface area contributed by atoms with Crippen molar-refractivity contribution in [3.05, 3.63) is 66.5 Å². The van der Waals surface area contributed by atoms with Gasteiger partial charge in [-0.05, 0) is 18.1 Å². The molecule has 0 saturated heterocycles. The van der Waals surface area contributed by atoms with Crippen molar-refractivity contribution in [1.29, 1.82) is 0 Å². The van der Waals surface area contributed by atoms with Gasteiger partial charge in [-0.15, -0.1) is 0 Å². The second-order valence-corrected chi connectivity index (χ2v) is 4.96. The van der Waals surface area contributed by atoms with E-state index in [0.717, 1.165) is 11.3 Å². The third-order valence-corrected chi connectivity index (χ3v) is 3.47. The SMILES string of the molecule is Cc1ccc(-c2ccc(-c3cnc(OS)cn3)cc2)cc1. The van der Waals surface area contributed by atoms with Crippen LogP contribution in [0.25, 0.3) is 22.4 Å². The predicted octanol–water partition coefficient (Wildman–Crippen LogP) is 4.34. The van der Waals surface area contributed by atoms with Gasteiger partial charge >= 0.3 is 0 Å². The minimum atomic E-state index is 0.387. The monoisotopic (exact) mass is 294 g/mol. The number of rotatable bonds is 3. The van der Waals surface area contributed by atoms with Crippen LogP contribution in [0.1, 0.15) is 5.56 Å². The molecule has 1 aromatic heterocycles. The molecule has 0 aliphatic heterocycles. The lowest BCUT2D eigenvalue weighted by molar-refractivity contribution is 0.623. The van der Waals surface area contributed by atoms with Crippen LogP contribution in [0.4, 0.5) is 0 Å². The number of thiol groups is 1. The fourth-order valence-corrected chi connectivity index (χ4v) is 2.19. The van der Waals surface area contributed by atoms with Crippen molar-refractivity contribution in [2.24, 2.45) is 0 Å². The maximum absolute atomic E-state index is 4.71. The van der Waals surface area contributed by atoms with Gasteiger partial charge in [0, 0.05) is 18.5 Å². The van der Waals surface area contributed by atoms with Crippen LogP contribution in [0, 0.1) is 6.92 Å². The predicted molar refractivity (Wildman–Crippen MR) is 87.3 cm³/mol. The normalized spacial score (nSPS) is 10.4. The van der Waals surface area contributed by atoms with Gasteiger partial charge in [-0.2, -0.15) is 0 Å². The molecule has 3 nitrogen and oxygen atoms in total. The highest BCUT2D eigenvalue weighted by atomic mass is 32.1. The first-order chi connectivity index (χ1) is 10.3. The zero-order valence-corrected chi connectivity index (χ0v) is 12.4. The summed E-state index contributed by atoms with van der Waals surface area (Å²) in [6.45, 7) is 2.09. The Morgan fingerprint density at radius 2 is 1.33 bits per heavy atom. The number of aromatic nitrogens is 2. The summed E-state index contributed by atoms with van der Waals surface area (Å²) in [4.78, 5) is 8.40. The van der Waals surface area contributed by atoms with E-state index in [1.54, 1.807) is 12.4 Å². The highest BCUT2D eigenvalue weighted by Crippen LogP contribution is 2.24. The Morgan fingerprint density at radius 1 is 0.762 bits per heavy atom. The van der Waals surface area contributed by atoms with Crippen LogP contribution in [-0.4, -0.2) is 9.97 Å². The Hall–Kier alpha value is -2.33. The molecule has 0 saturated carbocycles. The van der Waals surface area contributed by atoms with Crippen LogP contribution >= 0.6 is 12.9 Å². The van der Waals surface area contributed by atoms with E-state index < -0.39 is 0 Å². The molecule has 3 rings (SSSR count). The molecule has 0 radical (unpaired) electrons. The van der Waals surface area contributed by atoms with Crippen molar-refractivity contribution in [3.63, 3.8) is 0 Å². The molecule has 0 spiro atoms. The van der Waals surface area contributed by atoms with Gasteiger partial charge in [0.15, 0.2) is 0 Å². The molecule has 0 N–H and O–H groups in total. The van der Waals surface area contributed by atoms with Crippen LogP contribution in [-0.2, 0) is 0 Å². The summed E-state index contributed by atoms with van der Waals surface area (Å²) < 4.78 is 4.71. The average Bonchev–Trinajstić information content (AvgIpc) is 2.56. The standard InChI is InChI=1S/C17H14N2OS/c1-12-2-4-13(5-3-12)14-6-8-15(9-7-14)16-10-19-17(20-21)11-18-16/h2-11,21H,1H3. The smallest absolute Gasteiger partial charge is 0.245 e. The molecule has 0 amide bonds. The molecule has 1 heterocycles. The number of nitrogens with zero attached hydrogens (tertiary/aromatic N) is 2. The van der Waals surface area contributed by atoms with Crippen molar-refractivity contribution in [3.8, 4) is 28.3 Å². The van der Waals surface area contributed by atoms with Gasteiger partial charge in [-0.1, -0.05) is 54.1 Å². The van der Waals surface area contributed by atoms with Gasteiger partial charge in [0.2, 0.25) is 5.88 Å². The summed E-state index contributed by atoms with van der Waals surface area (Å²) in [7, 11) is 0. The van der Waals surface area contributed by atoms with Crippen LogP contribution in [0.5, 0.6) is 5.88 Å². The van der Waals surface area contributed by atoms with Crippen molar-refractivity contribution in [2.45, 2.75) is 6.92 Å². The van der Waals surface area contributed by atoms with Gasteiger partial charge in [-0.25, -0.2) is 9.97 Å². The first-order valence-electron chi connectivity index (χ1n) is 6.57. The minimum absolute atomic E-state index is 0.387. The highest BCUT2D eigenvalue weighted by molar-refractivity contribution is 7.75. The average molecular weight is 294 g/mol. The Kier molecular flexibility index (Phi) is 3.88. The van der Waals surface area contributed by atoms with E-state index in [1.165, 1.54) is 16.7 Å². The van der Waals surface area contributed by atoms with Crippen LogP contribution in [0.2, 0.25) is 0 Å². The maximum atomic E-state index is 4.71. The highest BCUT2D eigenvalue weighted by Gasteiger charge is 2.03. The van der Waals surface area contributed by atoms with E-state index in [-0.39, 0.29) is 0 Å². The van der Waals surface area contributed by atoms with E-state index >= 15 is 0 Å². The minimum Gasteiger partial charge on any atom is -0.407 e. The molecule has 0 fully saturated rings. The zero-order valence-electron chi connectivity index (χ0n) is 11.5. The molecule has 21 heavy (non-hydrogen) atoms. The van der Waals surface area contributed by atoms with Gasteiger partial charge in [-0.3, -0.25) is 0 Å². The lowest BCUT2D eigenvalue weighted by Crippen LogP contribution is -1.88. The summed E-state index contributed by atoms with van der Waals surface area (Å²) in [6.07, 6.45) is 3.22. The Labute approximate surface area is 129 Å². The number of hydrogen-bond donors (Lipinski definition) is 1. The van der Waals surface area contributed by atoms with Gasteiger partial charge < -0.3 is 4.18 Å². The van der Waals surface area contributed by atoms with E-state index in [2.05, 4.69) is 66.2 Å². The molecule has 4 heteroatoms. The van der Waals surface area contributed by atoms with Crippen LogP contribution < -0.4 is 4.18 Å². The summed E-state index contributed by atoms with van der Waals surface area (Å²) in [5.41, 5.74) is 5.47. The molecular weight excluding hydrogens is 280 g/mol. The molecule has 0 atom stereocenters. The van der Waals surface area contributed by atoms with Crippen molar-refractivity contribution >= 4 is 12.9 Å². The van der Waals surface area contributed by atoms with E-state index in [0.29, 0.717) is 5.88 Å². The van der Waals surface area contributed by atoms with Crippen LogP contribution in [0.15, 0.2) is 60.9 Å². The Bertz CT molecular complexity index is 722. The maximum Gasteiger partial charge on any atom is 0.245 e. The fourth-order valence-electron chi connectivity index (χ4n) is 2.09. The molecule has 0 aliphatic carbocycles. The molecule has 0 bridgehead atoms. The van der Waals surface area contributed by atoms with Crippen LogP contribution in [0.3, 0.4) is 0 Å². The molecule has 0 unspecified atom stereocenters. The Morgan fingerprint density at radius 3 is 1.86 bits per heavy atom. The van der Waals surface area contributed by atoms with Crippen molar-refractivity contribution < 1.29 is 4.18 Å². The van der Waals surface area contributed by atoms with E-state index in [4.69, 9.17) is 4.18 Å². The van der Waals surface area contributed by atoms with E-state index in [9.17, 15) is 0 Å². The van der Waals surface area contributed by atoms with Gasteiger partial charge in [0.1, 0.15) is 0 Å². The van der Waals surface area contributed by atoms with Gasteiger partial charge in [0.05, 0.1) is 18.1 Å². The third kappa shape index (κ3) is 3.06. The fraction of sp³-hybridized carbons (Fsp3) is 0.0588. The summed E-state index contributed by atoms with van der Waals surface area (Å²) >= 11 is 3.69. The first kappa shape index (κ1) is 13.6. The second-order valence-electron chi connectivity index (χ2n) is 4.77. The Balaban J connectivity index is 1.87. The lowest BCUT2D eigenvalue weighted by atomic mass is 10.0. The first-order valence-corrected chi connectivity index (χ1v) is 6.94.